The number of hydrogen-bond acceptors (Lipinski definition) is 3. The zero-order chi connectivity index (χ0) is 15.6. The number of alkyl halides is 3. The molecule has 0 aliphatic heterocycles. The van der Waals surface area contributed by atoms with Gasteiger partial charge in [0.15, 0.2) is 5.69 Å². The van der Waals surface area contributed by atoms with Crippen molar-refractivity contribution in [3.63, 3.8) is 0 Å². The third kappa shape index (κ3) is 3.98. The highest BCUT2D eigenvalue weighted by molar-refractivity contribution is 6.02. The van der Waals surface area contributed by atoms with Gasteiger partial charge in [-0.2, -0.15) is 5.10 Å². The molecule has 8 heteroatoms. The number of carbonyl (C=O) groups excluding carboxylic acids is 1. The number of carbonyl (C=O) groups is 1. The topological polar surface area (TPSA) is 56.1 Å². The molecule has 0 saturated carbocycles. The minimum atomic E-state index is -4.74. The Morgan fingerprint density at radius 3 is 2.38 bits per heavy atom. The van der Waals surface area contributed by atoms with E-state index in [9.17, 15) is 18.0 Å². The molecule has 0 saturated heterocycles. The molecular formula is C13H12F3N3O2. The Morgan fingerprint density at radius 1 is 1.29 bits per heavy atom. The van der Waals surface area contributed by atoms with Gasteiger partial charge in [-0.3, -0.25) is 9.48 Å². The summed E-state index contributed by atoms with van der Waals surface area (Å²) < 4.78 is 41.3. The van der Waals surface area contributed by atoms with E-state index < -0.39 is 12.3 Å². The number of aryl methyl sites for hydroxylation is 2. The number of amides is 1. The number of anilines is 1. The fourth-order valence-corrected chi connectivity index (χ4v) is 1.61. The van der Waals surface area contributed by atoms with E-state index in [0.717, 1.165) is 17.8 Å². The molecule has 1 aromatic heterocycles. The summed E-state index contributed by atoms with van der Waals surface area (Å²) in [5, 5.41) is 6.54. The summed E-state index contributed by atoms with van der Waals surface area (Å²) in [7, 11) is 1.70. The molecule has 0 aliphatic rings. The molecule has 0 atom stereocenters. The van der Waals surface area contributed by atoms with E-state index in [0.29, 0.717) is 5.69 Å². The van der Waals surface area contributed by atoms with Gasteiger partial charge in [-0.25, -0.2) is 0 Å². The molecule has 2 rings (SSSR count). The molecule has 1 N–H and O–H groups in total. The lowest BCUT2D eigenvalue weighted by atomic mass is 10.3. The number of nitrogens with one attached hydrogen (secondary N) is 1. The highest BCUT2D eigenvalue weighted by Crippen LogP contribution is 2.24. The van der Waals surface area contributed by atoms with Crippen LogP contribution in [0.5, 0.6) is 5.75 Å². The molecule has 0 fully saturated rings. The lowest BCUT2D eigenvalue weighted by Crippen LogP contribution is -2.17. The second-order valence-electron chi connectivity index (χ2n) is 4.32. The summed E-state index contributed by atoms with van der Waals surface area (Å²) in [5.41, 5.74) is 1.39. The first kappa shape index (κ1) is 14.9. The highest BCUT2D eigenvalue weighted by Gasteiger charge is 2.30. The molecule has 0 aliphatic carbocycles. The monoisotopic (exact) mass is 299 g/mol. The Balaban J connectivity index is 2.05. The second-order valence-corrected chi connectivity index (χ2v) is 4.32. The maximum Gasteiger partial charge on any atom is 0.573 e. The van der Waals surface area contributed by atoms with Gasteiger partial charge in [0, 0.05) is 18.4 Å². The smallest absolute Gasteiger partial charge is 0.406 e. The van der Waals surface area contributed by atoms with Crippen LogP contribution in [0.4, 0.5) is 18.9 Å². The van der Waals surface area contributed by atoms with Gasteiger partial charge in [0.1, 0.15) is 5.75 Å². The molecule has 0 bridgehead atoms. The van der Waals surface area contributed by atoms with Crippen molar-refractivity contribution in [3.8, 4) is 5.75 Å². The predicted molar refractivity (Wildman–Crippen MR) is 69.0 cm³/mol. The van der Waals surface area contributed by atoms with E-state index in [-0.39, 0.29) is 11.4 Å². The fourth-order valence-electron chi connectivity index (χ4n) is 1.61. The Bertz CT molecular complexity index is 628. The van der Waals surface area contributed by atoms with Crippen molar-refractivity contribution in [3.05, 3.63) is 41.7 Å². The summed E-state index contributed by atoms with van der Waals surface area (Å²) in [4.78, 5) is 11.9. The first-order valence-electron chi connectivity index (χ1n) is 5.92. The van der Waals surface area contributed by atoms with Crippen LogP contribution in [0.25, 0.3) is 0 Å². The Morgan fingerprint density at radius 2 is 1.90 bits per heavy atom. The second kappa shape index (κ2) is 5.47. The molecule has 1 heterocycles. The number of hydrogen-bond donors (Lipinski definition) is 1. The molecule has 5 nitrogen and oxygen atoms in total. The molecule has 0 radical (unpaired) electrons. The summed E-state index contributed by atoms with van der Waals surface area (Å²) in [5.74, 6) is -0.794. The van der Waals surface area contributed by atoms with Crippen molar-refractivity contribution in [1.29, 1.82) is 0 Å². The minimum absolute atomic E-state index is 0.227. The zero-order valence-corrected chi connectivity index (χ0v) is 11.2. The van der Waals surface area contributed by atoms with E-state index in [4.69, 9.17) is 0 Å². The standard InChI is InChI=1S/C13H12F3N3O2/c1-8-7-11(18-19(8)2)12(20)17-9-3-5-10(6-4-9)21-13(14,15)16/h3-7H,1-2H3,(H,17,20). The summed E-state index contributed by atoms with van der Waals surface area (Å²) in [6, 6.07) is 6.47. The molecule has 21 heavy (non-hydrogen) atoms. The maximum atomic E-state index is 12.0. The van der Waals surface area contributed by atoms with Crippen molar-refractivity contribution in [1.82, 2.24) is 9.78 Å². The predicted octanol–water partition coefficient (Wildman–Crippen LogP) is 2.88. The van der Waals surface area contributed by atoms with Crippen molar-refractivity contribution in [2.75, 3.05) is 5.32 Å². The molecule has 112 valence electrons. The van der Waals surface area contributed by atoms with Gasteiger partial charge in [-0.15, -0.1) is 13.2 Å². The number of nitrogens with zero attached hydrogens (tertiary/aromatic N) is 2. The van der Waals surface area contributed by atoms with Crippen molar-refractivity contribution in [2.24, 2.45) is 7.05 Å². The van der Waals surface area contributed by atoms with Gasteiger partial charge in [0.25, 0.3) is 5.91 Å². The Labute approximate surface area is 118 Å². The van der Waals surface area contributed by atoms with Crippen LogP contribution in [0.2, 0.25) is 0 Å². The zero-order valence-electron chi connectivity index (χ0n) is 11.2. The largest absolute Gasteiger partial charge is 0.573 e. The quantitative estimate of drug-likeness (QED) is 0.948. The number of ether oxygens (including phenoxy) is 1. The van der Waals surface area contributed by atoms with E-state index in [1.54, 1.807) is 24.7 Å². The van der Waals surface area contributed by atoms with E-state index >= 15 is 0 Å². The van der Waals surface area contributed by atoms with Gasteiger partial charge in [-0.05, 0) is 37.3 Å². The summed E-state index contributed by atoms with van der Waals surface area (Å²) >= 11 is 0. The molecule has 1 aromatic carbocycles. The van der Waals surface area contributed by atoms with Gasteiger partial charge in [0.2, 0.25) is 0 Å². The Kier molecular flexibility index (Phi) is 3.88. The lowest BCUT2D eigenvalue weighted by molar-refractivity contribution is -0.274. The first-order valence-corrected chi connectivity index (χ1v) is 5.92. The summed E-state index contributed by atoms with van der Waals surface area (Å²) in [6.45, 7) is 1.80. The van der Waals surface area contributed by atoms with Crippen LogP contribution >= 0.6 is 0 Å². The molecule has 1 amide bonds. The van der Waals surface area contributed by atoms with Crippen LogP contribution in [0.15, 0.2) is 30.3 Å². The lowest BCUT2D eigenvalue weighted by Gasteiger charge is -2.09. The van der Waals surface area contributed by atoms with Crippen LogP contribution in [0.3, 0.4) is 0 Å². The van der Waals surface area contributed by atoms with Crippen LogP contribution in [-0.4, -0.2) is 22.1 Å². The Hall–Kier alpha value is -2.51. The fraction of sp³-hybridized carbons (Fsp3) is 0.231. The van der Waals surface area contributed by atoms with E-state index in [1.165, 1.54) is 12.1 Å². The van der Waals surface area contributed by atoms with Crippen LogP contribution in [0.1, 0.15) is 16.2 Å². The molecule has 0 unspecified atom stereocenters. The number of rotatable bonds is 3. The summed E-state index contributed by atoms with van der Waals surface area (Å²) in [6.07, 6.45) is -4.74. The normalized spacial score (nSPS) is 11.3. The SMILES string of the molecule is Cc1cc(C(=O)Nc2ccc(OC(F)(F)F)cc2)nn1C. The highest BCUT2D eigenvalue weighted by atomic mass is 19.4. The maximum absolute atomic E-state index is 12.0. The van der Waals surface area contributed by atoms with Gasteiger partial charge >= 0.3 is 6.36 Å². The number of aromatic nitrogens is 2. The third-order valence-corrected chi connectivity index (χ3v) is 2.69. The minimum Gasteiger partial charge on any atom is -0.406 e. The van der Waals surface area contributed by atoms with Crippen molar-refractivity contribution in [2.45, 2.75) is 13.3 Å². The van der Waals surface area contributed by atoms with E-state index in [2.05, 4.69) is 15.2 Å². The average molecular weight is 299 g/mol. The third-order valence-electron chi connectivity index (χ3n) is 2.69. The van der Waals surface area contributed by atoms with Gasteiger partial charge < -0.3 is 10.1 Å². The molecule has 2 aromatic rings. The molecular weight excluding hydrogens is 287 g/mol. The average Bonchev–Trinajstić information content (AvgIpc) is 2.70. The van der Waals surface area contributed by atoms with Crippen LogP contribution in [-0.2, 0) is 7.05 Å². The van der Waals surface area contributed by atoms with Crippen LogP contribution in [0, 0.1) is 6.92 Å². The first-order chi connectivity index (χ1) is 9.74. The van der Waals surface area contributed by atoms with Crippen molar-refractivity contribution >= 4 is 11.6 Å². The number of halogens is 3. The van der Waals surface area contributed by atoms with Gasteiger partial charge in [-0.1, -0.05) is 0 Å². The van der Waals surface area contributed by atoms with E-state index in [1.807, 2.05) is 0 Å². The van der Waals surface area contributed by atoms with Crippen molar-refractivity contribution < 1.29 is 22.7 Å². The van der Waals surface area contributed by atoms with Crippen LogP contribution < -0.4 is 10.1 Å². The number of benzene rings is 1. The molecule has 0 spiro atoms. The van der Waals surface area contributed by atoms with Gasteiger partial charge in [0.05, 0.1) is 0 Å².